The molecule has 0 aliphatic heterocycles. The van der Waals surface area contributed by atoms with Gasteiger partial charge in [0.1, 0.15) is 6.10 Å². The van der Waals surface area contributed by atoms with Crippen LogP contribution >= 0.6 is 0 Å². The highest BCUT2D eigenvalue weighted by molar-refractivity contribution is 5.79. The Kier molecular flexibility index (Phi) is 9.81. The Hall–Kier alpha value is -1.91. The number of hydrogen-bond donors (Lipinski definition) is 0. The summed E-state index contributed by atoms with van der Waals surface area (Å²) in [5.41, 5.74) is 3.64. The fraction of sp³-hybridized carbons (Fsp3) is 0.476. The first-order chi connectivity index (χ1) is 11.9. The molecule has 1 atom stereocenters. The lowest BCUT2D eigenvalue weighted by atomic mass is 10.1. The van der Waals surface area contributed by atoms with E-state index >= 15 is 0 Å². The summed E-state index contributed by atoms with van der Waals surface area (Å²) < 4.78 is 5.88. The molecule has 0 bridgehead atoms. The lowest BCUT2D eigenvalue weighted by Crippen LogP contribution is -2.37. The minimum Gasteiger partial charge on any atom is -0.363 e. The number of rotatable bonds is 10. The van der Waals surface area contributed by atoms with Gasteiger partial charge in [0.15, 0.2) is 0 Å². The average molecular weight is 345 g/mol. The van der Waals surface area contributed by atoms with E-state index in [2.05, 4.69) is 32.9 Å². The van der Waals surface area contributed by atoms with E-state index in [-0.39, 0.29) is 5.91 Å². The molecule has 0 saturated carbocycles. The molecule has 0 heterocycles. The number of benzene rings is 1. The number of hydroxylamine groups is 2. The van der Waals surface area contributed by atoms with E-state index in [9.17, 15) is 4.79 Å². The van der Waals surface area contributed by atoms with E-state index in [1.54, 1.807) is 7.05 Å². The van der Waals surface area contributed by atoms with Crippen LogP contribution in [0.3, 0.4) is 0 Å². The van der Waals surface area contributed by atoms with Crippen LogP contribution in [-0.2, 0) is 21.0 Å². The van der Waals surface area contributed by atoms with Gasteiger partial charge in [0.05, 0.1) is 13.7 Å². The Labute approximate surface area is 152 Å². The van der Waals surface area contributed by atoms with Gasteiger partial charge in [-0.25, -0.2) is 5.06 Å². The summed E-state index contributed by atoms with van der Waals surface area (Å²) in [6.07, 6.45) is 6.32. The molecule has 25 heavy (non-hydrogen) atoms. The highest BCUT2D eigenvalue weighted by atomic mass is 16.7. The van der Waals surface area contributed by atoms with Crippen molar-refractivity contribution in [1.82, 2.24) is 5.06 Å². The normalized spacial score (nSPS) is 12.6. The van der Waals surface area contributed by atoms with Gasteiger partial charge in [0, 0.05) is 13.5 Å². The van der Waals surface area contributed by atoms with Crippen molar-refractivity contribution < 1.29 is 14.4 Å². The monoisotopic (exact) mass is 345 g/mol. The Balaban J connectivity index is 2.67. The zero-order valence-corrected chi connectivity index (χ0v) is 16.1. The van der Waals surface area contributed by atoms with Crippen molar-refractivity contribution in [3.05, 3.63) is 59.2 Å². The molecule has 0 N–H and O–H groups in total. The molecule has 4 heteroatoms. The molecule has 0 radical (unpaired) electrons. The fourth-order valence-electron chi connectivity index (χ4n) is 2.30. The lowest BCUT2D eigenvalue weighted by Gasteiger charge is -2.21. The summed E-state index contributed by atoms with van der Waals surface area (Å²) in [5.74, 6) is -0.174. The predicted molar refractivity (Wildman–Crippen MR) is 102 cm³/mol. The maximum Gasteiger partial charge on any atom is 0.275 e. The lowest BCUT2D eigenvalue weighted by molar-refractivity contribution is -0.181. The molecule has 1 aromatic carbocycles. The van der Waals surface area contributed by atoms with E-state index in [4.69, 9.17) is 9.57 Å². The van der Waals surface area contributed by atoms with E-state index < -0.39 is 6.10 Å². The summed E-state index contributed by atoms with van der Waals surface area (Å²) in [5, 5.41) is 1.22. The molecule has 0 spiro atoms. The van der Waals surface area contributed by atoms with Crippen molar-refractivity contribution >= 4 is 5.91 Å². The highest BCUT2D eigenvalue weighted by Gasteiger charge is 2.22. The molecule has 4 nitrogen and oxygen atoms in total. The first-order valence-electron chi connectivity index (χ1n) is 8.70. The van der Waals surface area contributed by atoms with Crippen LogP contribution in [0.2, 0.25) is 0 Å². The number of ether oxygens (including phenoxy) is 1. The molecule has 0 aromatic heterocycles. The van der Waals surface area contributed by atoms with Crippen LogP contribution in [0.5, 0.6) is 0 Å². The standard InChI is InChI=1S/C21H31NO3/c1-17(2)10-9-11-18(3)14-15-20(21(23)22(4)24-5)25-16-19-12-7-6-8-13-19/h6-8,10,12-14,20H,9,11,15-16H2,1-5H3. The van der Waals surface area contributed by atoms with Crippen molar-refractivity contribution in [3.8, 4) is 0 Å². The van der Waals surface area contributed by atoms with Gasteiger partial charge in [-0.2, -0.15) is 0 Å². The van der Waals surface area contributed by atoms with Crippen molar-refractivity contribution in [1.29, 1.82) is 0 Å². The van der Waals surface area contributed by atoms with Gasteiger partial charge in [0.25, 0.3) is 5.91 Å². The molecule has 0 aliphatic carbocycles. The number of amides is 1. The molecule has 1 unspecified atom stereocenters. The van der Waals surface area contributed by atoms with Gasteiger partial charge in [-0.1, -0.05) is 53.6 Å². The van der Waals surface area contributed by atoms with Crippen LogP contribution < -0.4 is 0 Å². The Morgan fingerprint density at radius 3 is 2.44 bits per heavy atom. The van der Waals surface area contributed by atoms with Gasteiger partial charge < -0.3 is 4.74 Å². The highest BCUT2D eigenvalue weighted by Crippen LogP contribution is 2.13. The molecular weight excluding hydrogens is 314 g/mol. The molecule has 0 saturated heterocycles. The Morgan fingerprint density at radius 1 is 1.16 bits per heavy atom. The summed E-state index contributed by atoms with van der Waals surface area (Å²) in [7, 11) is 3.08. The largest absolute Gasteiger partial charge is 0.363 e. The van der Waals surface area contributed by atoms with Gasteiger partial charge in [0.2, 0.25) is 0 Å². The number of likely N-dealkylation sites (N-methyl/N-ethyl adjacent to an activating group) is 1. The van der Waals surface area contributed by atoms with E-state index in [0.29, 0.717) is 13.0 Å². The summed E-state index contributed by atoms with van der Waals surface area (Å²) in [4.78, 5) is 17.5. The second-order valence-corrected chi connectivity index (χ2v) is 6.41. The minimum absolute atomic E-state index is 0.174. The molecular formula is C21H31NO3. The SMILES string of the molecule is CON(C)C(=O)C(CC=C(C)CCC=C(C)C)OCc1ccccc1. The van der Waals surface area contributed by atoms with Gasteiger partial charge in [-0.3, -0.25) is 9.63 Å². The van der Waals surface area contributed by atoms with Crippen LogP contribution in [0.1, 0.15) is 45.6 Å². The number of allylic oxidation sites excluding steroid dienone is 3. The molecule has 1 amide bonds. The van der Waals surface area contributed by atoms with Crippen LogP contribution in [0, 0.1) is 0 Å². The first-order valence-corrected chi connectivity index (χ1v) is 8.70. The third-order valence-corrected chi connectivity index (χ3v) is 3.93. The maximum absolute atomic E-state index is 12.4. The topological polar surface area (TPSA) is 38.8 Å². The minimum atomic E-state index is -0.552. The zero-order valence-electron chi connectivity index (χ0n) is 16.1. The maximum atomic E-state index is 12.4. The second-order valence-electron chi connectivity index (χ2n) is 6.41. The van der Waals surface area contributed by atoms with Crippen molar-refractivity contribution in [3.63, 3.8) is 0 Å². The number of carbonyl (C=O) groups excluding carboxylic acids is 1. The number of nitrogens with zero attached hydrogens (tertiary/aromatic N) is 1. The second kappa shape index (κ2) is 11.6. The number of hydrogen-bond acceptors (Lipinski definition) is 3. The summed E-state index contributed by atoms with van der Waals surface area (Å²) in [6.45, 7) is 6.70. The predicted octanol–water partition coefficient (Wildman–Crippen LogP) is 4.67. The van der Waals surface area contributed by atoms with Crippen LogP contribution in [0.4, 0.5) is 0 Å². The molecule has 0 aliphatic rings. The number of carbonyl (C=O) groups is 1. The van der Waals surface area contributed by atoms with Gasteiger partial charge >= 0.3 is 0 Å². The van der Waals surface area contributed by atoms with Crippen molar-refractivity contribution in [2.75, 3.05) is 14.2 Å². The van der Waals surface area contributed by atoms with Crippen LogP contribution in [0.15, 0.2) is 53.6 Å². The quantitative estimate of drug-likeness (QED) is 0.457. The average Bonchev–Trinajstić information content (AvgIpc) is 2.61. The third-order valence-electron chi connectivity index (χ3n) is 3.93. The Bertz CT molecular complexity index is 574. The van der Waals surface area contributed by atoms with Crippen LogP contribution in [-0.4, -0.2) is 31.2 Å². The third kappa shape index (κ3) is 8.66. The van der Waals surface area contributed by atoms with E-state index in [1.165, 1.54) is 23.3 Å². The molecule has 138 valence electrons. The van der Waals surface area contributed by atoms with Crippen LogP contribution in [0.25, 0.3) is 0 Å². The zero-order chi connectivity index (χ0) is 18.7. The van der Waals surface area contributed by atoms with Crippen molar-refractivity contribution in [2.45, 2.75) is 52.7 Å². The summed E-state index contributed by atoms with van der Waals surface area (Å²) >= 11 is 0. The smallest absolute Gasteiger partial charge is 0.275 e. The molecule has 1 aromatic rings. The fourth-order valence-corrected chi connectivity index (χ4v) is 2.30. The van der Waals surface area contributed by atoms with Crippen molar-refractivity contribution in [2.24, 2.45) is 0 Å². The van der Waals surface area contributed by atoms with E-state index in [0.717, 1.165) is 18.4 Å². The van der Waals surface area contributed by atoms with E-state index in [1.807, 2.05) is 30.3 Å². The molecule has 1 rings (SSSR count). The summed E-state index contributed by atoms with van der Waals surface area (Å²) in [6, 6.07) is 9.86. The first kappa shape index (κ1) is 21.1. The van der Waals surface area contributed by atoms with Gasteiger partial charge in [-0.05, 0) is 39.2 Å². The molecule has 0 fully saturated rings. The van der Waals surface area contributed by atoms with Gasteiger partial charge in [-0.15, -0.1) is 0 Å². The Morgan fingerprint density at radius 2 is 1.84 bits per heavy atom.